The van der Waals surface area contributed by atoms with Crippen molar-refractivity contribution >= 4 is 23.0 Å². The molecule has 0 saturated carbocycles. The number of hydrogen-bond donors (Lipinski definition) is 1. The van der Waals surface area contributed by atoms with Crippen molar-refractivity contribution in [1.82, 2.24) is 4.98 Å². The average Bonchev–Trinajstić information content (AvgIpc) is 2.48. The van der Waals surface area contributed by atoms with Crippen LogP contribution in [0.4, 0.5) is 21.5 Å². The van der Waals surface area contributed by atoms with Crippen molar-refractivity contribution in [2.75, 3.05) is 16.8 Å². The second-order valence-corrected chi connectivity index (χ2v) is 4.56. The highest BCUT2D eigenvalue weighted by molar-refractivity contribution is 5.91. The summed E-state index contributed by atoms with van der Waals surface area (Å²) in [5.74, 6) is -0.530. The van der Waals surface area contributed by atoms with E-state index in [4.69, 9.17) is 0 Å². The van der Waals surface area contributed by atoms with Gasteiger partial charge < -0.3 is 10.2 Å². The minimum atomic E-state index is -0.388. The van der Waals surface area contributed by atoms with Crippen LogP contribution < -0.4 is 10.2 Å². The van der Waals surface area contributed by atoms with Crippen LogP contribution in [0.3, 0.4) is 0 Å². The Morgan fingerprint density at radius 1 is 1.29 bits per heavy atom. The van der Waals surface area contributed by atoms with E-state index in [1.807, 2.05) is 24.0 Å². The molecule has 1 amide bonds. The Morgan fingerprint density at radius 3 is 2.71 bits per heavy atom. The standard InChI is InChI=1S/C16H18FN3O/c1-3-16(21)19-13-8-12(17)9-15(10-13)20(4-2)14-6-5-7-18-11-14/h5-11H,3-4H2,1-2H3,(H,19,21). The van der Waals surface area contributed by atoms with E-state index in [9.17, 15) is 9.18 Å². The molecule has 0 radical (unpaired) electrons. The Hall–Kier alpha value is -2.43. The van der Waals surface area contributed by atoms with E-state index in [0.29, 0.717) is 24.3 Å². The molecule has 0 unspecified atom stereocenters. The molecule has 0 bridgehead atoms. The summed E-state index contributed by atoms with van der Waals surface area (Å²) >= 11 is 0. The minimum absolute atomic E-state index is 0.143. The molecule has 1 aromatic heterocycles. The number of benzene rings is 1. The van der Waals surface area contributed by atoms with E-state index < -0.39 is 0 Å². The zero-order valence-corrected chi connectivity index (χ0v) is 12.1. The van der Waals surface area contributed by atoms with E-state index in [0.717, 1.165) is 5.69 Å². The number of halogens is 1. The van der Waals surface area contributed by atoms with Crippen LogP contribution >= 0.6 is 0 Å². The largest absolute Gasteiger partial charge is 0.340 e. The van der Waals surface area contributed by atoms with Crippen molar-refractivity contribution in [2.45, 2.75) is 20.3 Å². The van der Waals surface area contributed by atoms with E-state index >= 15 is 0 Å². The number of carbonyl (C=O) groups is 1. The second kappa shape index (κ2) is 6.83. The van der Waals surface area contributed by atoms with Crippen LogP contribution in [0.5, 0.6) is 0 Å². The molecule has 0 aliphatic carbocycles. The molecular formula is C16H18FN3O. The summed E-state index contributed by atoms with van der Waals surface area (Å²) in [6.45, 7) is 4.39. The van der Waals surface area contributed by atoms with Gasteiger partial charge in [0.2, 0.25) is 5.91 Å². The average molecular weight is 287 g/mol. The van der Waals surface area contributed by atoms with Gasteiger partial charge in [-0.25, -0.2) is 4.39 Å². The monoisotopic (exact) mass is 287 g/mol. The maximum Gasteiger partial charge on any atom is 0.224 e. The Morgan fingerprint density at radius 2 is 2.10 bits per heavy atom. The fraction of sp³-hybridized carbons (Fsp3) is 0.250. The lowest BCUT2D eigenvalue weighted by Gasteiger charge is -2.23. The van der Waals surface area contributed by atoms with Crippen molar-refractivity contribution in [3.8, 4) is 0 Å². The summed E-state index contributed by atoms with van der Waals surface area (Å²) in [5, 5.41) is 2.68. The molecule has 2 aromatic rings. The first-order chi connectivity index (χ1) is 10.1. The van der Waals surface area contributed by atoms with E-state index in [-0.39, 0.29) is 11.7 Å². The molecule has 21 heavy (non-hydrogen) atoms. The van der Waals surface area contributed by atoms with Gasteiger partial charge in [0.25, 0.3) is 0 Å². The lowest BCUT2D eigenvalue weighted by atomic mass is 10.2. The number of amides is 1. The van der Waals surface area contributed by atoms with E-state index in [1.54, 1.807) is 25.4 Å². The molecule has 1 aromatic carbocycles. The quantitative estimate of drug-likeness (QED) is 0.911. The van der Waals surface area contributed by atoms with Crippen LogP contribution in [0, 0.1) is 5.82 Å². The van der Waals surface area contributed by atoms with Gasteiger partial charge in [-0.2, -0.15) is 0 Å². The van der Waals surface area contributed by atoms with Crippen LogP contribution in [-0.2, 0) is 4.79 Å². The summed E-state index contributed by atoms with van der Waals surface area (Å²) < 4.78 is 13.8. The van der Waals surface area contributed by atoms with Gasteiger partial charge in [0.15, 0.2) is 0 Å². The smallest absolute Gasteiger partial charge is 0.224 e. The summed E-state index contributed by atoms with van der Waals surface area (Å²) in [7, 11) is 0. The van der Waals surface area contributed by atoms with E-state index in [1.165, 1.54) is 12.1 Å². The highest BCUT2D eigenvalue weighted by Crippen LogP contribution is 2.28. The third-order valence-corrected chi connectivity index (χ3v) is 3.07. The molecular weight excluding hydrogens is 269 g/mol. The highest BCUT2D eigenvalue weighted by atomic mass is 19.1. The molecule has 0 aliphatic rings. The minimum Gasteiger partial charge on any atom is -0.340 e. The third-order valence-electron chi connectivity index (χ3n) is 3.07. The normalized spacial score (nSPS) is 10.2. The number of nitrogens with zero attached hydrogens (tertiary/aromatic N) is 2. The van der Waals surface area contributed by atoms with Crippen LogP contribution in [0.15, 0.2) is 42.7 Å². The Balaban J connectivity index is 2.35. The second-order valence-electron chi connectivity index (χ2n) is 4.56. The molecule has 1 heterocycles. The maximum absolute atomic E-state index is 13.8. The fourth-order valence-electron chi connectivity index (χ4n) is 2.08. The molecule has 0 spiro atoms. The van der Waals surface area contributed by atoms with Crippen molar-refractivity contribution in [3.63, 3.8) is 0 Å². The van der Waals surface area contributed by atoms with Gasteiger partial charge in [0.05, 0.1) is 11.9 Å². The van der Waals surface area contributed by atoms with Crippen LogP contribution in [0.25, 0.3) is 0 Å². The van der Waals surface area contributed by atoms with Crippen LogP contribution in [-0.4, -0.2) is 17.4 Å². The predicted octanol–water partition coefficient (Wildman–Crippen LogP) is 3.73. The first-order valence-electron chi connectivity index (χ1n) is 6.92. The van der Waals surface area contributed by atoms with Crippen molar-refractivity contribution in [2.24, 2.45) is 0 Å². The molecule has 0 fully saturated rings. The maximum atomic E-state index is 13.8. The summed E-state index contributed by atoms with van der Waals surface area (Å²) in [4.78, 5) is 17.5. The van der Waals surface area contributed by atoms with Crippen LogP contribution in [0.1, 0.15) is 20.3 Å². The number of anilines is 3. The number of aromatic nitrogens is 1. The Bertz CT molecular complexity index is 616. The summed E-state index contributed by atoms with van der Waals surface area (Å²) in [6, 6.07) is 8.25. The Labute approximate surface area is 123 Å². The molecule has 5 heteroatoms. The third kappa shape index (κ3) is 3.78. The fourth-order valence-corrected chi connectivity index (χ4v) is 2.08. The summed E-state index contributed by atoms with van der Waals surface area (Å²) in [6.07, 6.45) is 3.76. The lowest BCUT2D eigenvalue weighted by molar-refractivity contribution is -0.115. The Kier molecular flexibility index (Phi) is 4.87. The van der Waals surface area contributed by atoms with Gasteiger partial charge in [0.1, 0.15) is 5.82 Å². The predicted molar refractivity (Wildman–Crippen MR) is 82.2 cm³/mol. The van der Waals surface area contributed by atoms with Gasteiger partial charge >= 0.3 is 0 Å². The highest BCUT2D eigenvalue weighted by Gasteiger charge is 2.11. The molecule has 4 nitrogen and oxygen atoms in total. The van der Waals surface area contributed by atoms with Crippen molar-refractivity contribution in [3.05, 3.63) is 48.5 Å². The zero-order valence-electron chi connectivity index (χ0n) is 12.1. The number of nitrogens with one attached hydrogen (secondary N) is 1. The van der Waals surface area contributed by atoms with Crippen LogP contribution in [0.2, 0.25) is 0 Å². The SMILES string of the molecule is CCC(=O)Nc1cc(F)cc(N(CC)c2cccnc2)c1. The molecule has 2 rings (SSSR count). The summed E-state index contributed by atoms with van der Waals surface area (Å²) in [5.41, 5.74) is 2.01. The van der Waals surface area contributed by atoms with Gasteiger partial charge in [-0.15, -0.1) is 0 Å². The topological polar surface area (TPSA) is 45.2 Å². The molecule has 0 atom stereocenters. The van der Waals surface area contributed by atoms with Crippen molar-refractivity contribution < 1.29 is 9.18 Å². The van der Waals surface area contributed by atoms with Gasteiger partial charge in [-0.05, 0) is 37.3 Å². The number of carbonyl (C=O) groups excluding carboxylic acids is 1. The van der Waals surface area contributed by atoms with E-state index in [2.05, 4.69) is 10.3 Å². The lowest BCUT2D eigenvalue weighted by Crippen LogP contribution is -2.17. The van der Waals surface area contributed by atoms with Gasteiger partial charge in [-0.1, -0.05) is 6.92 Å². The first-order valence-corrected chi connectivity index (χ1v) is 6.92. The van der Waals surface area contributed by atoms with Crippen molar-refractivity contribution in [1.29, 1.82) is 0 Å². The number of hydrogen-bond acceptors (Lipinski definition) is 3. The van der Waals surface area contributed by atoms with Gasteiger partial charge in [-0.3, -0.25) is 9.78 Å². The molecule has 0 saturated heterocycles. The number of rotatable bonds is 5. The van der Waals surface area contributed by atoms with Gasteiger partial charge in [0, 0.05) is 30.5 Å². The molecule has 0 aliphatic heterocycles. The molecule has 1 N–H and O–H groups in total. The number of pyridine rings is 1. The first kappa shape index (κ1) is 15.0. The molecule has 110 valence electrons. The zero-order chi connectivity index (χ0) is 15.2.